The van der Waals surface area contributed by atoms with E-state index in [4.69, 9.17) is 0 Å². The second-order valence-corrected chi connectivity index (χ2v) is 5.34. The molecule has 0 aromatic heterocycles. The molecule has 2 heteroatoms. The molecule has 0 unspecified atom stereocenters. The fourth-order valence-electron chi connectivity index (χ4n) is 2.50. The molecule has 0 spiro atoms. The largest absolute Gasteiger partial charge is 0.304 e. The molecule has 0 aromatic rings. The summed E-state index contributed by atoms with van der Waals surface area (Å²) in [5, 5.41) is 0. The van der Waals surface area contributed by atoms with Gasteiger partial charge in [0.15, 0.2) is 0 Å². The molecule has 1 fully saturated rings. The molecule has 1 aliphatic heterocycles. The van der Waals surface area contributed by atoms with E-state index >= 15 is 0 Å². The molecule has 0 aromatic carbocycles. The predicted octanol–water partition coefficient (Wildman–Crippen LogP) is 3.45. The zero-order valence-corrected chi connectivity index (χ0v) is 10.8. The number of rotatable bonds is 6. The molecule has 1 heterocycles. The van der Waals surface area contributed by atoms with Crippen molar-refractivity contribution in [2.45, 2.75) is 58.6 Å². The first-order valence-electron chi connectivity index (χ1n) is 6.78. The van der Waals surface area contributed by atoms with Crippen molar-refractivity contribution in [3.63, 3.8) is 0 Å². The molecule has 1 radical (unpaired) electrons. The van der Waals surface area contributed by atoms with Gasteiger partial charge in [0, 0.05) is 0 Å². The Bertz CT molecular complexity index is 151. The van der Waals surface area contributed by atoms with Gasteiger partial charge in [-0.05, 0) is 38.4 Å². The van der Waals surface area contributed by atoms with Gasteiger partial charge < -0.3 is 4.90 Å². The van der Waals surface area contributed by atoms with E-state index in [1.807, 2.05) is 0 Å². The smallest absolute Gasteiger partial charge is 0.114 e. The summed E-state index contributed by atoms with van der Waals surface area (Å²) in [6.07, 6.45) is 6.97. The van der Waals surface area contributed by atoms with Crippen LogP contribution in [0.1, 0.15) is 46.5 Å². The molecular formula is C13H27BN. The second kappa shape index (κ2) is 7.32. The van der Waals surface area contributed by atoms with E-state index in [1.165, 1.54) is 51.6 Å². The van der Waals surface area contributed by atoms with Gasteiger partial charge in [0.05, 0.1) is 0 Å². The highest BCUT2D eigenvalue weighted by molar-refractivity contribution is 6.37. The molecule has 15 heavy (non-hydrogen) atoms. The van der Waals surface area contributed by atoms with Crippen LogP contribution in [-0.2, 0) is 0 Å². The van der Waals surface area contributed by atoms with Gasteiger partial charge >= 0.3 is 0 Å². The summed E-state index contributed by atoms with van der Waals surface area (Å²) in [5.74, 6) is 1.78. The summed E-state index contributed by atoms with van der Waals surface area (Å²) in [6.45, 7) is 10.8. The fourth-order valence-corrected chi connectivity index (χ4v) is 2.50. The van der Waals surface area contributed by atoms with Crippen LogP contribution in [0.25, 0.3) is 0 Å². The highest BCUT2D eigenvalue weighted by Gasteiger charge is 2.17. The second-order valence-electron chi connectivity index (χ2n) is 5.34. The van der Waals surface area contributed by atoms with E-state index in [0.717, 1.165) is 11.7 Å². The maximum atomic E-state index is 2.64. The molecule has 87 valence electrons. The molecule has 1 aliphatic rings. The molecular weight excluding hydrogens is 181 g/mol. The number of nitrogens with zero attached hydrogens (tertiary/aromatic N) is 1. The normalized spacial score (nSPS) is 19.7. The topological polar surface area (TPSA) is 3.24 Å². The SMILES string of the molecule is CCCC1CCN(CC[B]C(C)C)CC1. The van der Waals surface area contributed by atoms with Crippen molar-refractivity contribution < 1.29 is 0 Å². The Morgan fingerprint density at radius 1 is 1.27 bits per heavy atom. The Balaban J connectivity index is 2.04. The van der Waals surface area contributed by atoms with Crippen molar-refractivity contribution in [3.8, 4) is 0 Å². The van der Waals surface area contributed by atoms with Crippen LogP contribution in [0.5, 0.6) is 0 Å². The highest BCUT2D eigenvalue weighted by atomic mass is 15.1. The summed E-state index contributed by atoms with van der Waals surface area (Å²) < 4.78 is 0. The van der Waals surface area contributed by atoms with Crippen LogP contribution < -0.4 is 0 Å². The Kier molecular flexibility index (Phi) is 6.39. The molecule has 0 atom stereocenters. The molecule has 1 saturated heterocycles. The summed E-state index contributed by atoms with van der Waals surface area (Å²) >= 11 is 0. The third-order valence-electron chi connectivity index (χ3n) is 3.49. The minimum absolute atomic E-state index is 0.752. The lowest BCUT2D eigenvalue weighted by Gasteiger charge is -2.31. The lowest BCUT2D eigenvalue weighted by Crippen LogP contribution is -2.34. The van der Waals surface area contributed by atoms with Gasteiger partial charge in [-0.25, -0.2) is 0 Å². The lowest BCUT2D eigenvalue weighted by molar-refractivity contribution is 0.186. The Labute approximate surface area is 96.9 Å². The van der Waals surface area contributed by atoms with Crippen LogP contribution in [0.3, 0.4) is 0 Å². The number of hydrogen-bond acceptors (Lipinski definition) is 1. The maximum Gasteiger partial charge on any atom is 0.114 e. The van der Waals surface area contributed by atoms with Gasteiger partial charge in [-0.15, -0.1) is 0 Å². The average molecular weight is 208 g/mol. The summed E-state index contributed by atoms with van der Waals surface area (Å²) in [7, 11) is 2.44. The first-order chi connectivity index (χ1) is 7.22. The maximum absolute atomic E-state index is 2.64. The fraction of sp³-hybridized carbons (Fsp3) is 1.00. The summed E-state index contributed by atoms with van der Waals surface area (Å²) in [5.41, 5.74) is 0. The quantitative estimate of drug-likeness (QED) is 0.604. The highest BCUT2D eigenvalue weighted by Crippen LogP contribution is 2.21. The molecule has 0 amide bonds. The standard InChI is InChI=1S/C13H27BN/c1-4-5-13-6-9-15(10-7-13)11-8-14-12(2)3/h12-13H,4-11H2,1-3H3. The minimum Gasteiger partial charge on any atom is -0.304 e. The van der Waals surface area contributed by atoms with E-state index in [9.17, 15) is 0 Å². The first kappa shape index (κ1) is 13.1. The molecule has 0 N–H and O–H groups in total. The summed E-state index contributed by atoms with van der Waals surface area (Å²) in [4.78, 5) is 2.64. The van der Waals surface area contributed by atoms with Gasteiger partial charge in [-0.1, -0.05) is 45.8 Å². The molecule has 0 saturated carbocycles. The number of likely N-dealkylation sites (tertiary alicyclic amines) is 1. The monoisotopic (exact) mass is 208 g/mol. The van der Waals surface area contributed by atoms with Crippen molar-refractivity contribution in [1.82, 2.24) is 4.90 Å². The minimum atomic E-state index is 0.752. The average Bonchev–Trinajstić information content (AvgIpc) is 2.20. The van der Waals surface area contributed by atoms with Crippen molar-refractivity contribution >= 4 is 7.28 Å². The molecule has 0 bridgehead atoms. The Hall–Kier alpha value is 0.0249. The van der Waals surface area contributed by atoms with E-state index < -0.39 is 0 Å². The summed E-state index contributed by atoms with van der Waals surface area (Å²) in [6, 6.07) is 0. The van der Waals surface area contributed by atoms with Gasteiger partial charge in [0.25, 0.3) is 0 Å². The van der Waals surface area contributed by atoms with E-state index in [0.29, 0.717) is 0 Å². The van der Waals surface area contributed by atoms with Gasteiger partial charge in [0.2, 0.25) is 0 Å². The van der Waals surface area contributed by atoms with Crippen LogP contribution >= 0.6 is 0 Å². The first-order valence-corrected chi connectivity index (χ1v) is 6.78. The van der Waals surface area contributed by atoms with E-state index in [-0.39, 0.29) is 0 Å². The Morgan fingerprint density at radius 3 is 2.47 bits per heavy atom. The van der Waals surface area contributed by atoms with Crippen LogP contribution in [-0.4, -0.2) is 31.8 Å². The van der Waals surface area contributed by atoms with Crippen molar-refractivity contribution in [3.05, 3.63) is 0 Å². The van der Waals surface area contributed by atoms with Crippen molar-refractivity contribution in [1.29, 1.82) is 0 Å². The third kappa shape index (κ3) is 5.60. The molecule has 1 rings (SSSR count). The van der Waals surface area contributed by atoms with Gasteiger partial charge in [-0.3, -0.25) is 0 Å². The van der Waals surface area contributed by atoms with Crippen molar-refractivity contribution in [2.24, 2.45) is 5.92 Å². The Morgan fingerprint density at radius 2 is 1.93 bits per heavy atom. The number of hydrogen-bond donors (Lipinski definition) is 0. The van der Waals surface area contributed by atoms with Crippen LogP contribution in [0.15, 0.2) is 0 Å². The van der Waals surface area contributed by atoms with Crippen LogP contribution in [0.4, 0.5) is 0 Å². The third-order valence-corrected chi connectivity index (χ3v) is 3.49. The van der Waals surface area contributed by atoms with E-state index in [1.54, 1.807) is 0 Å². The van der Waals surface area contributed by atoms with Crippen LogP contribution in [0.2, 0.25) is 12.1 Å². The predicted molar refractivity (Wildman–Crippen MR) is 69.7 cm³/mol. The van der Waals surface area contributed by atoms with Gasteiger partial charge in [0.1, 0.15) is 7.28 Å². The zero-order valence-electron chi connectivity index (χ0n) is 10.8. The van der Waals surface area contributed by atoms with E-state index in [2.05, 4.69) is 33.0 Å². The lowest BCUT2D eigenvalue weighted by atomic mass is 9.63. The van der Waals surface area contributed by atoms with Crippen molar-refractivity contribution in [2.75, 3.05) is 19.6 Å². The molecule has 0 aliphatic carbocycles. The van der Waals surface area contributed by atoms with Gasteiger partial charge in [-0.2, -0.15) is 0 Å². The molecule has 1 nitrogen and oxygen atoms in total. The van der Waals surface area contributed by atoms with Crippen LogP contribution in [0, 0.1) is 5.92 Å². The number of piperidine rings is 1. The zero-order chi connectivity index (χ0) is 11.1.